The van der Waals surface area contributed by atoms with E-state index >= 15 is 0 Å². The SMILES string of the molecule is CCc1nc2cc(-c3noc(-c4sc(C)nc4C)n3)ccc2o1. The molecule has 1 aromatic carbocycles. The van der Waals surface area contributed by atoms with E-state index in [1.54, 1.807) is 11.3 Å². The number of rotatable bonds is 3. The molecule has 0 aliphatic heterocycles. The monoisotopic (exact) mass is 326 g/mol. The van der Waals surface area contributed by atoms with Gasteiger partial charge in [-0.3, -0.25) is 0 Å². The van der Waals surface area contributed by atoms with Crippen molar-refractivity contribution in [2.75, 3.05) is 0 Å². The van der Waals surface area contributed by atoms with Gasteiger partial charge in [0.05, 0.1) is 10.7 Å². The first kappa shape index (κ1) is 14.1. The van der Waals surface area contributed by atoms with Crippen LogP contribution in [0.3, 0.4) is 0 Å². The fraction of sp³-hybridized carbons (Fsp3) is 0.250. The van der Waals surface area contributed by atoms with Crippen LogP contribution < -0.4 is 0 Å². The molecule has 0 aliphatic carbocycles. The van der Waals surface area contributed by atoms with Crippen molar-refractivity contribution in [1.29, 1.82) is 0 Å². The average Bonchev–Trinajstić information content (AvgIpc) is 3.23. The topological polar surface area (TPSA) is 77.8 Å². The maximum atomic E-state index is 5.62. The normalized spacial score (nSPS) is 11.4. The van der Waals surface area contributed by atoms with E-state index in [2.05, 4.69) is 20.1 Å². The van der Waals surface area contributed by atoms with Crippen LogP contribution in [0, 0.1) is 13.8 Å². The van der Waals surface area contributed by atoms with Crippen molar-refractivity contribution in [3.05, 3.63) is 34.8 Å². The molecule has 0 saturated heterocycles. The first-order chi connectivity index (χ1) is 11.1. The predicted octanol–water partition coefficient (Wildman–Crippen LogP) is 4.18. The second kappa shape index (κ2) is 5.27. The summed E-state index contributed by atoms with van der Waals surface area (Å²) in [6, 6.07) is 5.71. The van der Waals surface area contributed by atoms with Crippen molar-refractivity contribution in [3.63, 3.8) is 0 Å². The van der Waals surface area contributed by atoms with Crippen LogP contribution in [-0.4, -0.2) is 20.1 Å². The lowest BCUT2D eigenvalue weighted by atomic mass is 10.2. The highest BCUT2D eigenvalue weighted by molar-refractivity contribution is 7.15. The van der Waals surface area contributed by atoms with Gasteiger partial charge in [-0.15, -0.1) is 11.3 Å². The van der Waals surface area contributed by atoms with Gasteiger partial charge in [0.1, 0.15) is 10.4 Å². The van der Waals surface area contributed by atoms with Crippen molar-refractivity contribution in [2.24, 2.45) is 0 Å². The van der Waals surface area contributed by atoms with Crippen LogP contribution in [0.5, 0.6) is 0 Å². The van der Waals surface area contributed by atoms with Crippen molar-refractivity contribution in [3.8, 4) is 22.2 Å². The highest BCUT2D eigenvalue weighted by Crippen LogP contribution is 2.30. The zero-order chi connectivity index (χ0) is 16.0. The number of hydrogen-bond acceptors (Lipinski definition) is 7. The molecule has 0 N–H and O–H groups in total. The number of aromatic nitrogens is 4. The van der Waals surface area contributed by atoms with E-state index in [0.717, 1.165) is 44.6 Å². The number of thiazole rings is 1. The van der Waals surface area contributed by atoms with Gasteiger partial charge >= 0.3 is 0 Å². The van der Waals surface area contributed by atoms with Gasteiger partial charge < -0.3 is 8.94 Å². The number of hydrogen-bond donors (Lipinski definition) is 0. The van der Waals surface area contributed by atoms with Crippen LogP contribution in [0.15, 0.2) is 27.1 Å². The van der Waals surface area contributed by atoms with Gasteiger partial charge in [-0.1, -0.05) is 12.1 Å². The zero-order valence-corrected chi connectivity index (χ0v) is 13.8. The zero-order valence-electron chi connectivity index (χ0n) is 13.0. The molecular weight excluding hydrogens is 312 g/mol. The average molecular weight is 326 g/mol. The van der Waals surface area contributed by atoms with Crippen molar-refractivity contribution in [2.45, 2.75) is 27.2 Å². The lowest BCUT2D eigenvalue weighted by Gasteiger charge is -1.92. The van der Waals surface area contributed by atoms with E-state index < -0.39 is 0 Å². The Morgan fingerprint density at radius 1 is 1.13 bits per heavy atom. The molecule has 0 saturated carbocycles. The number of oxazole rings is 1. The Bertz CT molecular complexity index is 999. The predicted molar refractivity (Wildman–Crippen MR) is 87.3 cm³/mol. The summed E-state index contributed by atoms with van der Waals surface area (Å²) in [6.45, 7) is 5.91. The number of benzene rings is 1. The molecular formula is C16H14N4O2S. The lowest BCUT2D eigenvalue weighted by molar-refractivity contribution is 0.433. The molecule has 6 nitrogen and oxygen atoms in total. The van der Waals surface area contributed by atoms with Crippen LogP contribution in [0.25, 0.3) is 33.3 Å². The third-order valence-electron chi connectivity index (χ3n) is 3.52. The molecule has 0 spiro atoms. The molecule has 23 heavy (non-hydrogen) atoms. The first-order valence-corrected chi connectivity index (χ1v) is 8.13. The van der Waals surface area contributed by atoms with Crippen molar-refractivity contribution >= 4 is 22.4 Å². The summed E-state index contributed by atoms with van der Waals surface area (Å²) in [5.74, 6) is 1.76. The molecule has 0 amide bonds. The van der Waals surface area contributed by atoms with Gasteiger partial charge in [-0.05, 0) is 32.0 Å². The fourth-order valence-corrected chi connectivity index (χ4v) is 3.27. The van der Waals surface area contributed by atoms with Gasteiger partial charge in [0, 0.05) is 12.0 Å². The molecule has 4 aromatic rings. The van der Waals surface area contributed by atoms with E-state index in [9.17, 15) is 0 Å². The third kappa shape index (κ3) is 2.43. The minimum atomic E-state index is 0.498. The number of aryl methyl sites for hydroxylation is 3. The molecule has 4 rings (SSSR count). The summed E-state index contributed by atoms with van der Waals surface area (Å²) in [7, 11) is 0. The van der Waals surface area contributed by atoms with E-state index in [1.165, 1.54) is 0 Å². The molecule has 116 valence electrons. The fourth-order valence-electron chi connectivity index (χ4n) is 2.43. The van der Waals surface area contributed by atoms with Crippen molar-refractivity contribution in [1.82, 2.24) is 20.1 Å². The molecule has 0 aliphatic rings. The standard InChI is InChI=1S/C16H14N4O2S/c1-4-13-18-11-7-10(5-6-12(11)21-13)15-19-16(22-20-15)14-8(2)17-9(3)23-14/h5-7H,4H2,1-3H3. The Labute approximate surface area is 136 Å². The molecule has 3 aromatic heterocycles. The van der Waals surface area contributed by atoms with E-state index in [4.69, 9.17) is 8.94 Å². The Morgan fingerprint density at radius 2 is 2.00 bits per heavy atom. The number of nitrogens with zero attached hydrogens (tertiary/aromatic N) is 4. The van der Waals surface area contributed by atoms with E-state index in [0.29, 0.717) is 11.7 Å². The molecule has 0 fully saturated rings. The minimum absolute atomic E-state index is 0.498. The molecule has 0 radical (unpaired) electrons. The third-order valence-corrected chi connectivity index (χ3v) is 4.58. The quantitative estimate of drug-likeness (QED) is 0.562. The van der Waals surface area contributed by atoms with Crippen molar-refractivity contribution < 1.29 is 8.94 Å². The van der Waals surface area contributed by atoms with Crippen LogP contribution in [0.1, 0.15) is 23.5 Å². The van der Waals surface area contributed by atoms with Gasteiger partial charge in [-0.25, -0.2) is 9.97 Å². The van der Waals surface area contributed by atoms with Gasteiger partial charge in [0.25, 0.3) is 5.89 Å². The molecule has 0 bridgehead atoms. The summed E-state index contributed by atoms with van der Waals surface area (Å²) in [6.07, 6.45) is 0.764. The number of fused-ring (bicyclic) bond motifs is 1. The van der Waals surface area contributed by atoms with Gasteiger partial charge in [-0.2, -0.15) is 4.98 Å². The molecule has 0 unspecified atom stereocenters. The van der Waals surface area contributed by atoms with Gasteiger partial charge in [0.2, 0.25) is 5.82 Å². The second-order valence-electron chi connectivity index (χ2n) is 5.21. The van der Waals surface area contributed by atoms with E-state index in [1.807, 2.05) is 39.0 Å². The minimum Gasteiger partial charge on any atom is -0.441 e. The Kier molecular flexibility index (Phi) is 3.23. The summed E-state index contributed by atoms with van der Waals surface area (Å²) in [4.78, 5) is 14.2. The van der Waals surface area contributed by atoms with Crippen LogP contribution in [-0.2, 0) is 6.42 Å². The lowest BCUT2D eigenvalue weighted by Crippen LogP contribution is -1.82. The molecule has 7 heteroatoms. The maximum absolute atomic E-state index is 5.62. The van der Waals surface area contributed by atoms with Crippen LogP contribution >= 0.6 is 11.3 Å². The smallest absolute Gasteiger partial charge is 0.270 e. The van der Waals surface area contributed by atoms with E-state index in [-0.39, 0.29) is 0 Å². The highest BCUT2D eigenvalue weighted by atomic mass is 32.1. The summed E-state index contributed by atoms with van der Waals surface area (Å²) in [5, 5.41) is 5.06. The highest BCUT2D eigenvalue weighted by Gasteiger charge is 2.16. The molecule has 0 atom stereocenters. The first-order valence-electron chi connectivity index (χ1n) is 7.32. The molecule has 3 heterocycles. The largest absolute Gasteiger partial charge is 0.441 e. The Morgan fingerprint density at radius 3 is 2.74 bits per heavy atom. The summed E-state index contributed by atoms with van der Waals surface area (Å²) < 4.78 is 11.0. The second-order valence-corrected chi connectivity index (χ2v) is 6.42. The summed E-state index contributed by atoms with van der Waals surface area (Å²) >= 11 is 1.55. The summed E-state index contributed by atoms with van der Waals surface area (Å²) in [5.41, 5.74) is 3.32. The Balaban J connectivity index is 1.75. The van der Waals surface area contributed by atoms with Gasteiger partial charge in [0.15, 0.2) is 11.5 Å². The van der Waals surface area contributed by atoms with Crippen LogP contribution in [0.2, 0.25) is 0 Å². The van der Waals surface area contributed by atoms with Crippen LogP contribution in [0.4, 0.5) is 0 Å². The Hall–Kier alpha value is -2.54. The maximum Gasteiger partial charge on any atom is 0.270 e.